The zero-order chi connectivity index (χ0) is 23.7. The van der Waals surface area contributed by atoms with Gasteiger partial charge in [-0.15, -0.1) is 0 Å². The van der Waals surface area contributed by atoms with Gasteiger partial charge in [0.05, 0.1) is 38.1 Å². The molecule has 3 heterocycles. The number of aliphatic hydroxyl groups is 1. The molecule has 0 radical (unpaired) electrons. The molecule has 0 aromatic heterocycles. The van der Waals surface area contributed by atoms with Crippen LogP contribution in [0.2, 0.25) is 0 Å². The highest BCUT2D eigenvalue weighted by atomic mass is 16.7. The van der Waals surface area contributed by atoms with Crippen LogP contribution in [0.4, 0.5) is 0 Å². The number of hydrogen-bond donors (Lipinski definition) is 1. The molecular formula is C29H38O6. The van der Waals surface area contributed by atoms with Gasteiger partial charge in [0.15, 0.2) is 11.6 Å². The molecule has 3 aliphatic heterocycles. The molecule has 4 saturated carbocycles. The van der Waals surface area contributed by atoms with Gasteiger partial charge in [-0.1, -0.05) is 44.2 Å². The molecule has 6 nitrogen and oxygen atoms in total. The Kier molecular flexibility index (Phi) is 4.21. The molecule has 1 aromatic carbocycles. The molecule has 0 amide bonds. The van der Waals surface area contributed by atoms with E-state index < -0.39 is 17.2 Å². The third kappa shape index (κ3) is 2.48. The van der Waals surface area contributed by atoms with E-state index in [1.807, 2.05) is 6.07 Å². The van der Waals surface area contributed by atoms with Crippen molar-refractivity contribution in [1.82, 2.24) is 0 Å². The van der Waals surface area contributed by atoms with Gasteiger partial charge in [0, 0.05) is 36.0 Å². The van der Waals surface area contributed by atoms with Gasteiger partial charge < -0.3 is 28.8 Å². The largest absolute Gasteiger partial charge is 0.385 e. The highest BCUT2D eigenvalue weighted by Crippen LogP contribution is 2.78. The predicted molar refractivity (Wildman–Crippen MR) is 126 cm³/mol. The standard InChI is InChI=1S/C29H38O6/c1-24-10-11-26(31-12-13-32-26)18-28(24)22(35-28)16-20-21-8-9-29(33-14-15-34-29)25(21,2)17-27(30,23(20)24)19-6-4-3-5-7-19/h3-7,20-23,30H,8-18H2,1-2H3/t20-,21-,22+,23-,24+,25-,27+,28+/m0/s1. The lowest BCUT2D eigenvalue weighted by atomic mass is 9.40. The van der Waals surface area contributed by atoms with Crippen LogP contribution in [0.5, 0.6) is 0 Å². The third-order valence-corrected chi connectivity index (χ3v) is 11.9. The second kappa shape index (κ2) is 6.69. The van der Waals surface area contributed by atoms with Crippen molar-refractivity contribution in [3.05, 3.63) is 35.9 Å². The van der Waals surface area contributed by atoms with Gasteiger partial charge >= 0.3 is 0 Å². The van der Waals surface area contributed by atoms with Crippen molar-refractivity contribution in [2.24, 2.45) is 28.6 Å². The first-order chi connectivity index (χ1) is 16.8. The Balaban J connectivity index is 1.28. The molecule has 1 N–H and O–H groups in total. The maximum absolute atomic E-state index is 13.1. The topological polar surface area (TPSA) is 69.7 Å². The lowest BCUT2D eigenvalue weighted by Gasteiger charge is -2.65. The van der Waals surface area contributed by atoms with Crippen LogP contribution in [0.1, 0.15) is 64.4 Å². The molecule has 4 aliphatic carbocycles. The minimum absolute atomic E-state index is 0.101. The fourth-order valence-corrected chi connectivity index (χ4v) is 10.6. The van der Waals surface area contributed by atoms with Crippen molar-refractivity contribution in [2.45, 2.75) is 87.7 Å². The summed E-state index contributed by atoms with van der Waals surface area (Å²) in [5.74, 6) is -0.171. The lowest BCUT2D eigenvalue weighted by molar-refractivity contribution is -0.296. The molecule has 3 saturated heterocycles. The summed E-state index contributed by atoms with van der Waals surface area (Å²) in [6.07, 6.45) is 6.46. The van der Waals surface area contributed by atoms with E-state index in [1.165, 1.54) is 0 Å². The van der Waals surface area contributed by atoms with Crippen molar-refractivity contribution in [2.75, 3.05) is 26.4 Å². The fraction of sp³-hybridized carbons (Fsp3) is 0.793. The zero-order valence-corrected chi connectivity index (χ0v) is 21.0. The SMILES string of the molecule is C[C@]12C[C@@](O)(c3ccccc3)[C@H]3[C@@H](C[C@H]4O[C@]45CC4(CC[C@]35C)OCCO4)[C@@H]1CCC21OCCO1. The number of fused-ring (bicyclic) bond motifs is 5. The minimum Gasteiger partial charge on any atom is -0.385 e. The molecule has 7 aliphatic rings. The molecule has 190 valence electrons. The predicted octanol–water partition coefficient (Wildman–Crippen LogP) is 4.14. The molecule has 6 heteroatoms. The number of benzene rings is 1. The first-order valence-electron chi connectivity index (χ1n) is 13.8. The van der Waals surface area contributed by atoms with E-state index in [-0.39, 0.29) is 28.5 Å². The van der Waals surface area contributed by atoms with E-state index >= 15 is 0 Å². The van der Waals surface area contributed by atoms with E-state index in [4.69, 9.17) is 23.7 Å². The molecule has 1 aromatic rings. The summed E-state index contributed by atoms with van der Waals surface area (Å²) in [5, 5.41) is 13.1. The fourth-order valence-electron chi connectivity index (χ4n) is 10.6. The molecule has 0 bridgehead atoms. The second-order valence-electron chi connectivity index (χ2n) is 13.1. The van der Waals surface area contributed by atoms with E-state index in [0.717, 1.165) is 44.1 Å². The third-order valence-electron chi connectivity index (χ3n) is 11.9. The van der Waals surface area contributed by atoms with E-state index in [9.17, 15) is 5.11 Å². The summed E-state index contributed by atoms with van der Waals surface area (Å²) in [4.78, 5) is 0. The van der Waals surface area contributed by atoms with Crippen molar-refractivity contribution >= 4 is 0 Å². The quantitative estimate of drug-likeness (QED) is 0.607. The summed E-state index contributed by atoms with van der Waals surface area (Å²) in [7, 11) is 0. The molecule has 3 spiro atoms. The second-order valence-corrected chi connectivity index (χ2v) is 13.1. The molecule has 0 unspecified atom stereocenters. The van der Waals surface area contributed by atoms with Crippen molar-refractivity contribution in [3.63, 3.8) is 0 Å². The monoisotopic (exact) mass is 482 g/mol. The smallest absolute Gasteiger partial charge is 0.174 e. The number of epoxide rings is 1. The maximum atomic E-state index is 13.1. The summed E-state index contributed by atoms with van der Waals surface area (Å²) >= 11 is 0. The van der Waals surface area contributed by atoms with E-state index in [0.29, 0.717) is 44.7 Å². The van der Waals surface area contributed by atoms with Crippen molar-refractivity contribution < 1.29 is 28.8 Å². The zero-order valence-electron chi connectivity index (χ0n) is 21.0. The average Bonchev–Trinajstić information content (AvgIpc) is 3.19. The highest BCUT2D eigenvalue weighted by molar-refractivity contribution is 5.34. The number of rotatable bonds is 1. The van der Waals surface area contributed by atoms with Crippen molar-refractivity contribution in [3.8, 4) is 0 Å². The van der Waals surface area contributed by atoms with Crippen LogP contribution < -0.4 is 0 Å². The Labute approximate surface area is 207 Å². The highest BCUT2D eigenvalue weighted by Gasteiger charge is 2.82. The summed E-state index contributed by atoms with van der Waals surface area (Å²) in [6.45, 7) is 7.38. The van der Waals surface area contributed by atoms with Gasteiger partial charge in [-0.2, -0.15) is 0 Å². The first-order valence-corrected chi connectivity index (χ1v) is 13.8. The number of ether oxygens (including phenoxy) is 5. The lowest BCUT2D eigenvalue weighted by Crippen LogP contribution is -2.68. The van der Waals surface area contributed by atoms with Gasteiger partial charge in [-0.25, -0.2) is 0 Å². The Morgan fingerprint density at radius 3 is 2.29 bits per heavy atom. The van der Waals surface area contributed by atoms with Gasteiger partial charge in [0.25, 0.3) is 0 Å². The van der Waals surface area contributed by atoms with Crippen molar-refractivity contribution in [1.29, 1.82) is 0 Å². The van der Waals surface area contributed by atoms with Crippen LogP contribution in [0.25, 0.3) is 0 Å². The Morgan fingerprint density at radius 1 is 0.829 bits per heavy atom. The van der Waals surface area contributed by atoms with E-state index in [1.54, 1.807) is 0 Å². The average molecular weight is 483 g/mol. The molecule has 8 atom stereocenters. The molecule has 8 rings (SSSR count). The minimum atomic E-state index is -0.982. The van der Waals surface area contributed by atoms with Crippen LogP contribution in [0, 0.1) is 28.6 Å². The van der Waals surface area contributed by atoms with Crippen LogP contribution in [0.3, 0.4) is 0 Å². The Morgan fingerprint density at radius 2 is 1.54 bits per heavy atom. The first kappa shape index (κ1) is 22.0. The summed E-state index contributed by atoms with van der Waals surface area (Å²) < 4.78 is 32.0. The van der Waals surface area contributed by atoms with Crippen LogP contribution in [-0.2, 0) is 29.3 Å². The maximum Gasteiger partial charge on any atom is 0.174 e. The Bertz CT molecular complexity index is 1030. The van der Waals surface area contributed by atoms with Gasteiger partial charge in [-0.3, -0.25) is 0 Å². The normalized spacial score (nSPS) is 52.7. The van der Waals surface area contributed by atoms with Crippen LogP contribution in [0.15, 0.2) is 30.3 Å². The van der Waals surface area contributed by atoms with Gasteiger partial charge in [0.1, 0.15) is 5.60 Å². The van der Waals surface area contributed by atoms with E-state index in [2.05, 4.69) is 38.1 Å². The molecular weight excluding hydrogens is 444 g/mol. The molecule has 7 fully saturated rings. The van der Waals surface area contributed by atoms with Gasteiger partial charge in [-0.05, 0) is 43.1 Å². The Hall–Kier alpha value is -1.02. The van der Waals surface area contributed by atoms with Gasteiger partial charge in [0.2, 0.25) is 0 Å². The van der Waals surface area contributed by atoms with Crippen LogP contribution in [-0.4, -0.2) is 54.8 Å². The molecule has 35 heavy (non-hydrogen) atoms. The van der Waals surface area contributed by atoms with Crippen LogP contribution >= 0.6 is 0 Å². The summed E-state index contributed by atoms with van der Waals surface area (Å²) in [6, 6.07) is 10.4. The summed E-state index contributed by atoms with van der Waals surface area (Å²) in [5.41, 5.74) is -0.624. The number of hydrogen-bond acceptors (Lipinski definition) is 6.